The van der Waals surface area contributed by atoms with Gasteiger partial charge in [-0.15, -0.1) is 0 Å². The molecule has 0 amide bonds. The largest absolute Gasteiger partial charge is 0.304 e. The monoisotopic (exact) mass is 355 g/mol. The Hall–Kier alpha value is -0.900. The minimum absolute atomic E-state index is 0.107. The number of benzene rings is 2. The highest BCUT2D eigenvalue weighted by Crippen LogP contribution is 2.26. The van der Waals surface area contributed by atoms with Crippen molar-refractivity contribution in [1.82, 2.24) is 5.32 Å². The van der Waals surface area contributed by atoms with Gasteiger partial charge in [-0.1, -0.05) is 45.7 Å². The van der Waals surface area contributed by atoms with E-state index in [9.17, 15) is 4.39 Å². The predicted octanol–water partition coefficient (Wildman–Crippen LogP) is 5.65. The van der Waals surface area contributed by atoms with Gasteiger partial charge in [0.2, 0.25) is 0 Å². The Morgan fingerprint density at radius 1 is 1.05 bits per heavy atom. The van der Waals surface area contributed by atoms with Crippen LogP contribution in [0.5, 0.6) is 0 Å². The number of hydrogen-bond acceptors (Lipinski definition) is 1. The van der Waals surface area contributed by atoms with Crippen molar-refractivity contribution in [3.8, 4) is 0 Å². The van der Waals surface area contributed by atoms with Crippen LogP contribution in [0.1, 0.15) is 37.1 Å². The van der Waals surface area contributed by atoms with E-state index in [1.165, 1.54) is 17.7 Å². The summed E-state index contributed by atoms with van der Waals surface area (Å²) in [6, 6.07) is 12.8. The van der Waals surface area contributed by atoms with Crippen LogP contribution in [-0.2, 0) is 0 Å². The molecule has 20 heavy (non-hydrogen) atoms. The van der Waals surface area contributed by atoms with Crippen LogP contribution in [0, 0.1) is 5.82 Å². The van der Waals surface area contributed by atoms with Crippen LogP contribution in [0.3, 0.4) is 0 Å². The number of hydrogen-bond donors (Lipinski definition) is 1. The lowest BCUT2D eigenvalue weighted by Gasteiger charge is -2.21. The Bertz CT molecular complexity index is 586. The highest BCUT2D eigenvalue weighted by atomic mass is 79.9. The van der Waals surface area contributed by atoms with E-state index in [0.717, 1.165) is 15.1 Å². The molecule has 2 aromatic carbocycles. The normalized spacial score (nSPS) is 14.1. The first-order chi connectivity index (χ1) is 9.47. The molecule has 0 aliphatic heterocycles. The number of rotatable bonds is 4. The molecule has 1 unspecified atom stereocenters. The second kappa shape index (κ2) is 6.70. The third-order valence-electron chi connectivity index (χ3n) is 3.30. The van der Waals surface area contributed by atoms with E-state index in [4.69, 9.17) is 11.6 Å². The molecule has 1 nitrogen and oxygen atoms in total. The van der Waals surface area contributed by atoms with Crippen LogP contribution in [-0.4, -0.2) is 0 Å². The summed E-state index contributed by atoms with van der Waals surface area (Å²) in [6.07, 6.45) is 0. The molecule has 1 N–H and O–H groups in total. The maximum Gasteiger partial charge on any atom is 0.124 e. The minimum atomic E-state index is -0.237. The van der Waals surface area contributed by atoms with E-state index in [2.05, 4.69) is 35.1 Å². The molecule has 0 saturated heterocycles. The molecule has 2 rings (SSSR count). The van der Waals surface area contributed by atoms with E-state index in [1.807, 2.05) is 24.3 Å². The van der Waals surface area contributed by atoms with Gasteiger partial charge in [-0.05, 0) is 49.2 Å². The topological polar surface area (TPSA) is 12.0 Å². The lowest BCUT2D eigenvalue weighted by Crippen LogP contribution is -2.22. The third kappa shape index (κ3) is 3.81. The van der Waals surface area contributed by atoms with Gasteiger partial charge in [0, 0.05) is 21.6 Å². The predicted molar refractivity (Wildman–Crippen MR) is 85.5 cm³/mol. The van der Waals surface area contributed by atoms with Gasteiger partial charge in [-0.25, -0.2) is 4.39 Å². The van der Waals surface area contributed by atoms with Crippen LogP contribution in [0.2, 0.25) is 5.02 Å². The van der Waals surface area contributed by atoms with Gasteiger partial charge in [0.25, 0.3) is 0 Å². The molecule has 0 fully saturated rings. The van der Waals surface area contributed by atoms with Crippen molar-refractivity contribution in [2.75, 3.05) is 0 Å². The highest BCUT2D eigenvalue weighted by Gasteiger charge is 2.13. The summed E-state index contributed by atoms with van der Waals surface area (Å²) in [5.74, 6) is -0.237. The fourth-order valence-electron chi connectivity index (χ4n) is 2.17. The molecule has 0 aliphatic rings. The van der Waals surface area contributed by atoms with E-state index >= 15 is 0 Å². The van der Waals surface area contributed by atoms with Crippen LogP contribution >= 0.6 is 27.5 Å². The smallest absolute Gasteiger partial charge is 0.124 e. The summed E-state index contributed by atoms with van der Waals surface area (Å²) >= 11 is 9.30. The first-order valence-electron chi connectivity index (χ1n) is 6.44. The van der Waals surface area contributed by atoms with E-state index in [1.54, 1.807) is 6.07 Å². The molecular formula is C16H16BrClFN. The van der Waals surface area contributed by atoms with E-state index in [0.29, 0.717) is 0 Å². The molecule has 0 aromatic heterocycles. The molecular weight excluding hydrogens is 341 g/mol. The maximum atomic E-state index is 13.1. The second-order valence-electron chi connectivity index (χ2n) is 4.83. The van der Waals surface area contributed by atoms with Crippen LogP contribution in [0.25, 0.3) is 0 Å². The molecule has 0 heterocycles. The second-order valence-corrected chi connectivity index (χ2v) is 6.12. The van der Waals surface area contributed by atoms with Crippen molar-refractivity contribution in [2.45, 2.75) is 25.9 Å². The molecule has 2 aromatic rings. The average Bonchev–Trinajstić information content (AvgIpc) is 2.39. The Morgan fingerprint density at radius 3 is 2.30 bits per heavy atom. The van der Waals surface area contributed by atoms with Gasteiger partial charge in [0.15, 0.2) is 0 Å². The van der Waals surface area contributed by atoms with Gasteiger partial charge < -0.3 is 5.32 Å². The zero-order chi connectivity index (χ0) is 14.7. The van der Waals surface area contributed by atoms with Gasteiger partial charge >= 0.3 is 0 Å². The maximum absolute atomic E-state index is 13.1. The molecule has 0 spiro atoms. The Kier molecular flexibility index (Phi) is 5.19. The molecule has 106 valence electrons. The Balaban J connectivity index is 2.10. The number of nitrogens with one attached hydrogen (secondary N) is 1. The molecule has 0 saturated carbocycles. The zero-order valence-corrected chi connectivity index (χ0v) is 13.7. The van der Waals surface area contributed by atoms with Crippen molar-refractivity contribution < 1.29 is 4.39 Å². The third-order valence-corrected chi connectivity index (χ3v) is 4.24. The van der Waals surface area contributed by atoms with Crippen molar-refractivity contribution in [2.24, 2.45) is 0 Å². The molecule has 0 aliphatic carbocycles. The van der Waals surface area contributed by atoms with Gasteiger partial charge in [-0.2, -0.15) is 0 Å². The Morgan fingerprint density at radius 2 is 1.70 bits per heavy atom. The van der Waals surface area contributed by atoms with E-state index in [-0.39, 0.29) is 17.9 Å². The van der Waals surface area contributed by atoms with Crippen molar-refractivity contribution in [1.29, 1.82) is 0 Å². The molecule has 4 heteroatoms. The fraction of sp³-hybridized carbons (Fsp3) is 0.250. The summed E-state index contributed by atoms with van der Waals surface area (Å²) in [5.41, 5.74) is 2.20. The van der Waals surface area contributed by atoms with Crippen molar-refractivity contribution in [3.63, 3.8) is 0 Å². The molecule has 0 bridgehead atoms. The van der Waals surface area contributed by atoms with Crippen molar-refractivity contribution in [3.05, 3.63) is 68.9 Å². The standard InChI is InChI=1S/C16H16BrClFN/c1-10(12-3-5-13(18)6-4-12)20-11(2)15-8-7-14(19)9-16(15)17/h3-11,20H,1-2H3/t10-,11?/m1/s1. The zero-order valence-electron chi connectivity index (χ0n) is 11.3. The molecule has 2 atom stereocenters. The lowest BCUT2D eigenvalue weighted by molar-refractivity contribution is 0.492. The van der Waals surface area contributed by atoms with Crippen LogP contribution < -0.4 is 5.32 Å². The van der Waals surface area contributed by atoms with Crippen LogP contribution in [0.15, 0.2) is 46.9 Å². The summed E-state index contributed by atoms with van der Waals surface area (Å²) in [7, 11) is 0. The summed E-state index contributed by atoms with van der Waals surface area (Å²) in [5, 5.41) is 4.23. The average molecular weight is 357 g/mol. The van der Waals surface area contributed by atoms with Gasteiger partial charge in [0.05, 0.1) is 0 Å². The van der Waals surface area contributed by atoms with Gasteiger partial charge in [-0.3, -0.25) is 0 Å². The van der Waals surface area contributed by atoms with Crippen molar-refractivity contribution >= 4 is 27.5 Å². The Labute approximate surface area is 132 Å². The number of halogens is 3. The van der Waals surface area contributed by atoms with Gasteiger partial charge in [0.1, 0.15) is 5.82 Å². The quantitative estimate of drug-likeness (QED) is 0.746. The summed E-state index contributed by atoms with van der Waals surface area (Å²) in [4.78, 5) is 0. The van der Waals surface area contributed by atoms with Crippen LogP contribution in [0.4, 0.5) is 4.39 Å². The molecule has 0 radical (unpaired) electrons. The fourth-order valence-corrected chi connectivity index (χ4v) is 2.99. The first kappa shape index (κ1) is 15.5. The SMILES string of the molecule is CC(N[C@H](C)c1ccc(Cl)cc1)c1ccc(F)cc1Br. The first-order valence-corrected chi connectivity index (χ1v) is 7.61. The lowest BCUT2D eigenvalue weighted by atomic mass is 10.0. The van der Waals surface area contributed by atoms with E-state index < -0.39 is 0 Å². The highest BCUT2D eigenvalue weighted by molar-refractivity contribution is 9.10. The summed E-state index contributed by atoms with van der Waals surface area (Å²) < 4.78 is 13.9. The summed E-state index contributed by atoms with van der Waals surface area (Å²) in [6.45, 7) is 4.15. The minimum Gasteiger partial charge on any atom is -0.304 e.